The van der Waals surface area contributed by atoms with Crippen LogP contribution < -0.4 is 0 Å². The SMILES string of the molecule is O=C(C[C@@H](c1ccccc1)c1cccc(Cl)c1)N1CCS(=O)(=O)CC1. The van der Waals surface area contributed by atoms with E-state index in [0.29, 0.717) is 11.4 Å². The standard InChI is InChI=1S/C19H20ClNO3S/c20-17-8-4-7-16(13-17)18(15-5-2-1-3-6-15)14-19(22)21-9-11-25(23,24)12-10-21/h1-8,13,18H,9-12,14H2/t18-/m0/s1. The zero-order valence-electron chi connectivity index (χ0n) is 13.8. The van der Waals surface area contributed by atoms with E-state index in [1.54, 1.807) is 4.90 Å². The van der Waals surface area contributed by atoms with Crippen molar-refractivity contribution in [2.45, 2.75) is 12.3 Å². The molecular formula is C19H20ClNO3S. The Morgan fingerprint density at radius 2 is 1.64 bits per heavy atom. The van der Waals surface area contributed by atoms with Crippen molar-refractivity contribution in [1.82, 2.24) is 4.90 Å². The van der Waals surface area contributed by atoms with E-state index in [1.165, 1.54) is 0 Å². The minimum Gasteiger partial charge on any atom is -0.341 e. The molecule has 0 bridgehead atoms. The first-order valence-corrected chi connectivity index (χ1v) is 10.4. The molecule has 0 aliphatic carbocycles. The van der Waals surface area contributed by atoms with Crippen molar-refractivity contribution in [3.8, 4) is 0 Å². The zero-order chi connectivity index (χ0) is 17.9. The molecule has 25 heavy (non-hydrogen) atoms. The summed E-state index contributed by atoms with van der Waals surface area (Å²) in [7, 11) is -3.00. The van der Waals surface area contributed by atoms with Crippen LogP contribution in [0.15, 0.2) is 54.6 Å². The van der Waals surface area contributed by atoms with Gasteiger partial charge in [0.05, 0.1) is 11.5 Å². The molecule has 1 aliphatic rings. The molecule has 0 saturated carbocycles. The van der Waals surface area contributed by atoms with Crippen molar-refractivity contribution in [2.75, 3.05) is 24.6 Å². The summed E-state index contributed by atoms with van der Waals surface area (Å²) in [6, 6.07) is 17.4. The Bertz CT molecular complexity index is 838. The summed E-state index contributed by atoms with van der Waals surface area (Å²) in [4.78, 5) is 14.4. The highest BCUT2D eigenvalue weighted by Gasteiger charge is 2.27. The van der Waals surface area contributed by atoms with Crippen LogP contribution in [0.3, 0.4) is 0 Å². The molecule has 6 heteroatoms. The topological polar surface area (TPSA) is 54.5 Å². The number of rotatable bonds is 4. The summed E-state index contributed by atoms with van der Waals surface area (Å²) < 4.78 is 23.1. The summed E-state index contributed by atoms with van der Waals surface area (Å²) >= 11 is 6.13. The Morgan fingerprint density at radius 3 is 2.28 bits per heavy atom. The Balaban J connectivity index is 1.82. The van der Waals surface area contributed by atoms with E-state index in [0.717, 1.165) is 11.1 Å². The lowest BCUT2D eigenvalue weighted by molar-refractivity contribution is -0.131. The molecule has 0 unspecified atom stereocenters. The van der Waals surface area contributed by atoms with Crippen molar-refractivity contribution < 1.29 is 13.2 Å². The van der Waals surface area contributed by atoms with Crippen LogP contribution in [0.4, 0.5) is 0 Å². The predicted octanol–water partition coefficient (Wildman–Crippen LogP) is 3.12. The molecule has 1 amide bonds. The van der Waals surface area contributed by atoms with Gasteiger partial charge in [-0.2, -0.15) is 0 Å². The van der Waals surface area contributed by atoms with Gasteiger partial charge in [-0.15, -0.1) is 0 Å². The number of amides is 1. The third-order valence-corrected chi connectivity index (χ3v) is 6.37. The van der Waals surface area contributed by atoms with Gasteiger partial charge in [0.25, 0.3) is 0 Å². The van der Waals surface area contributed by atoms with Crippen molar-refractivity contribution in [3.63, 3.8) is 0 Å². The third-order valence-electron chi connectivity index (χ3n) is 4.53. The van der Waals surface area contributed by atoms with E-state index in [9.17, 15) is 13.2 Å². The van der Waals surface area contributed by atoms with Gasteiger partial charge in [-0.05, 0) is 23.3 Å². The third kappa shape index (κ3) is 4.61. The summed E-state index contributed by atoms with van der Waals surface area (Å²) in [5.74, 6) is -0.0349. The second-order valence-electron chi connectivity index (χ2n) is 6.26. The highest BCUT2D eigenvalue weighted by Crippen LogP contribution is 2.30. The van der Waals surface area contributed by atoms with Gasteiger partial charge in [-0.3, -0.25) is 4.79 Å². The molecule has 132 valence electrons. The molecule has 1 atom stereocenters. The maximum Gasteiger partial charge on any atom is 0.223 e. The normalized spacial score (nSPS) is 17.9. The fourth-order valence-electron chi connectivity index (χ4n) is 3.10. The molecule has 2 aromatic rings. The Labute approximate surface area is 153 Å². The molecule has 4 nitrogen and oxygen atoms in total. The maximum atomic E-state index is 12.7. The van der Waals surface area contributed by atoms with Gasteiger partial charge < -0.3 is 4.90 Å². The van der Waals surface area contributed by atoms with Gasteiger partial charge in [0.15, 0.2) is 9.84 Å². The first kappa shape index (κ1) is 18.0. The lowest BCUT2D eigenvalue weighted by Crippen LogP contribution is -2.44. The highest BCUT2D eigenvalue weighted by atomic mass is 35.5. The number of sulfone groups is 1. The second kappa shape index (κ2) is 7.58. The van der Waals surface area contributed by atoms with Crippen molar-refractivity contribution in [1.29, 1.82) is 0 Å². The second-order valence-corrected chi connectivity index (χ2v) is 9.00. The van der Waals surface area contributed by atoms with E-state index in [1.807, 2.05) is 54.6 Å². The molecule has 1 aliphatic heterocycles. The van der Waals surface area contributed by atoms with Crippen molar-refractivity contribution in [3.05, 3.63) is 70.7 Å². The highest BCUT2D eigenvalue weighted by molar-refractivity contribution is 7.91. The summed E-state index contributed by atoms with van der Waals surface area (Å²) in [5.41, 5.74) is 2.03. The molecule has 2 aromatic carbocycles. The number of carbonyl (C=O) groups is 1. The average molecular weight is 378 g/mol. The fraction of sp³-hybridized carbons (Fsp3) is 0.316. The van der Waals surface area contributed by atoms with E-state index in [-0.39, 0.29) is 36.4 Å². The minimum absolute atomic E-state index is 0.0243. The number of hydrogen-bond acceptors (Lipinski definition) is 3. The van der Waals surface area contributed by atoms with Crippen LogP contribution >= 0.6 is 11.6 Å². The van der Waals surface area contributed by atoms with Gasteiger partial charge >= 0.3 is 0 Å². The largest absolute Gasteiger partial charge is 0.341 e. The van der Waals surface area contributed by atoms with Gasteiger partial charge in [0.2, 0.25) is 5.91 Å². The van der Waals surface area contributed by atoms with Crippen LogP contribution in [0, 0.1) is 0 Å². The van der Waals surface area contributed by atoms with Crippen LogP contribution in [0.5, 0.6) is 0 Å². The molecule has 1 saturated heterocycles. The summed E-state index contributed by atoms with van der Waals surface area (Å²) in [5, 5.41) is 0.634. The van der Waals surface area contributed by atoms with Crippen LogP contribution in [0.25, 0.3) is 0 Å². The monoisotopic (exact) mass is 377 g/mol. The first-order chi connectivity index (χ1) is 11.9. The van der Waals surface area contributed by atoms with Crippen molar-refractivity contribution >= 4 is 27.3 Å². The smallest absolute Gasteiger partial charge is 0.223 e. The molecule has 0 aromatic heterocycles. The van der Waals surface area contributed by atoms with Crippen LogP contribution in [-0.4, -0.2) is 43.8 Å². The van der Waals surface area contributed by atoms with E-state index in [4.69, 9.17) is 11.6 Å². The molecule has 1 fully saturated rings. The Kier molecular flexibility index (Phi) is 5.45. The van der Waals surface area contributed by atoms with E-state index in [2.05, 4.69) is 0 Å². The molecule has 0 radical (unpaired) electrons. The first-order valence-electron chi connectivity index (χ1n) is 8.23. The maximum absolute atomic E-state index is 12.7. The number of halogens is 1. The van der Waals surface area contributed by atoms with Crippen LogP contribution in [-0.2, 0) is 14.6 Å². The number of hydrogen-bond donors (Lipinski definition) is 0. The molecule has 1 heterocycles. The summed E-state index contributed by atoms with van der Waals surface area (Å²) in [6.07, 6.45) is 0.296. The lowest BCUT2D eigenvalue weighted by Gasteiger charge is -2.28. The fourth-order valence-corrected chi connectivity index (χ4v) is 4.50. The quantitative estimate of drug-likeness (QED) is 0.822. The molecule has 0 N–H and O–H groups in total. The average Bonchev–Trinajstić information content (AvgIpc) is 2.60. The van der Waals surface area contributed by atoms with E-state index < -0.39 is 9.84 Å². The molecule has 0 spiro atoms. The Hall–Kier alpha value is -1.85. The van der Waals surface area contributed by atoms with E-state index >= 15 is 0 Å². The Morgan fingerprint density at radius 1 is 1.00 bits per heavy atom. The molecular weight excluding hydrogens is 358 g/mol. The van der Waals surface area contributed by atoms with Crippen LogP contribution in [0.2, 0.25) is 5.02 Å². The van der Waals surface area contributed by atoms with Crippen LogP contribution in [0.1, 0.15) is 23.5 Å². The number of nitrogens with zero attached hydrogens (tertiary/aromatic N) is 1. The number of carbonyl (C=O) groups excluding carboxylic acids is 1. The summed E-state index contributed by atoms with van der Waals surface area (Å²) in [6.45, 7) is 0.552. The van der Waals surface area contributed by atoms with Gasteiger partial charge in [0, 0.05) is 30.5 Å². The van der Waals surface area contributed by atoms with Gasteiger partial charge in [-0.1, -0.05) is 54.1 Å². The molecule has 3 rings (SSSR count). The predicted molar refractivity (Wildman–Crippen MR) is 99.6 cm³/mol. The van der Waals surface area contributed by atoms with Gasteiger partial charge in [-0.25, -0.2) is 8.42 Å². The minimum atomic E-state index is -3.00. The van der Waals surface area contributed by atoms with Gasteiger partial charge in [0.1, 0.15) is 0 Å². The van der Waals surface area contributed by atoms with Crippen molar-refractivity contribution in [2.24, 2.45) is 0 Å². The zero-order valence-corrected chi connectivity index (χ0v) is 15.3. The number of benzene rings is 2. The lowest BCUT2D eigenvalue weighted by atomic mass is 9.88.